The Morgan fingerprint density at radius 3 is 2.61 bits per heavy atom. The van der Waals surface area contributed by atoms with E-state index in [1.54, 1.807) is 0 Å². The summed E-state index contributed by atoms with van der Waals surface area (Å²) in [5.41, 5.74) is 0.579. The van der Waals surface area contributed by atoms with Gasteiger partial charge in [-0.1, -0.05) is 34.6 Å². The summed E-state index contributed by atoms with van der Waals surface area (Å²) in [6.45, 7) is 12.9. The zero-order chi connectivity index (χ0) is 13.6. The van der Waals surface area contributed by atoms with Crippen molar-refractivity contribution < 1.29 is 0 Å². The van der Waals surface area contributed by atoms with Crippen LogP contribution >= 0.6 is 11.8 Å². The molecule has 0 aromatic heterocycles. The van der Waals surface area contributed by atoms with Crippen molar-refractivity contribution in [3.05, 3.63) is 0 Å². The van der Waals surface area contributed by atoms with Crippen LogP contribution in [-0.2, 0) is 0 Å². The molecule has 1 N–H and O–H groups in total. The van der Waals surface area contributed by atoms with Gasteiger partial charge in [-0.25, -0.2) is 0 Å². The molecule has 1 fully saturated rings. The van der Waals surface area contributed by atoms with Crippen molar-refractivity contribution in [2.75, 3.05) is 18.1 Å². The van der Waals surface area contributed by atoms with Gasteiger partial charge in [0.05, 0.1) is 0 Å². The normalized spacial score (nSPS) is 27.7. The van der Waals surface area contributed by atoms with Gasteiger partial charge in [0, 0.05) is 6.04 Å². The van der Waals surface area contributed by atoms with E-state index in [1.165, 1.54) is 43.7 Å². The maximum absolute atomic E-state index is 3.66. The summed E-state index contributed by atoms with van der Waals surface area (Å²) in [5, 5.41) is 3.66. The molecule has 1 aliphatic carbocycles. The second-order valence-corrected chi connectivity index (χ2v) is 8.37. The molecule has 1 nitrogen and oxygen atoms in total. The Labute approximate surface area is 119 Å². The standard InChI is InChI=1S/C16H33NS/c1-6-18-10-8-14-11-16(4,5)9-7-15(14)12-17-13(2)3/h13-15,17H,6-12H2,1-5H3. The minimum absolute atomic E-state index is 0.579. The monoisotopic (exact) mass is 271 g/mol. The molecule has 1 saturated carbocycles. The van der Waals surface area contributed by atoms with Crippen LogP contribution in [0.25, 0.3) is 0 Å². The van der Waals surface area contributed by atoms with E-state index in [9.17, 15) is 0 Å². The maximum Gasteiger partial charge on any atom is 0.00104 e. The quantitative estimate of drug-likeness (QED) is 0.681. The Hall–Kier alpha value is 0.310. The Balaban J connectivity index is 2.45. The molecule has 108 valence electrons. The zero-order valence-electron chi connectivity index (χ0n) is 13.1. The van der Waals surface area contributed by atoms with Gasteiger partial charge in [-0.15, -0.1) is 0 Å². The van der Waals surface area contributed by atoms with Crippen LogP contribution in [0.2, 0.25) is 0 Å². The third kappa shape index (κ3) is 5.97. The summed E-state index contributed by atoms with van der Waals surface area (Å²) >= 11 is 2.11. The van der Waals surface area contributed by atoms with Crippen LogP contribution in [0.3, 0.4) is 0 Å². The minimum Gasteiger partial charge on any atom is -0.314 e. The van der Waals surface area contributed by atoms with Crippen LogP contribution in [-0.4, -0.2) is 24.1 Å². The molecule has 0 aromatic rings. The van der Waals surface area contributed by atoms with E-state index in [-0.39, 0.29) is 0 Å². The van der Waals surface area contributed by atoms with E-state index in [0.29, 0.717) is 11.5 Å². The fraction of sp³-hybridized carbons (Fsp3) is 1.00. The van der Waals surface area contributed by atoms with Gasteiger partial charge >= 0.3 is 0 Å². The molecule has 0 aromatic carbocycles. The van der Waals surface area contributed by atoms with Crippen molar-refractivity contribution in [2.24, 2.45) is 17.3 Å². The molecule has 0 spiro atoms. The van der Waals surface area contributed by atoms with Crippen LogP contribution < -0.4 is 5.32 Å². The van der Waals surface area contributed by atoms with Crippen LogP contribution in [0.1, 0.15) is 60.3 Å². The van der Waals surface area contributed by atoms with E-state index in [2.05, 4.69) is 51.7 Å². The zero-order valence-corrected chi connectivity index (χ0v) is 13.9. The van der Waals surface area contributed by atoms with Crippen molar-refractivity contribution >= 4 is 11.8 Å². The molecule has 2 atom stereocenters. The minimum atomic E-state index is 0.579. The van der Waals surface area contributed by atoms with Gasteiger partial charge in [-0.2, -0.15) is 11.8 Å². The average Bonchev–Trinajstić information content (AvgIpc) is 2.27. The van der Waals surface area contributed by atoms with Crippen molar-refractivity contribution in [3.63, 3.8) is 0 Å². The fourth-order valence-electron chi connectivity index (χ4n) is 3.16. The Morgan fingerprint density at radius 2 is 2.00 bits per heavy atom. The molecule has 0 amide bonds. The summed E-state index contributed by atoms with van der Waals surface area (Å²) in [6, 6.07) is 0.630. The third-order valence-corrected chi connectivity index (χ3v) is 5.23. The lowest BCUT2D eigenvalue weighted by Gasteiger charge is -2.41. The first-order valence-electron chi connectivity index (χ1n) is 7.75. The van der Waals surface area contributed by atoms with Gasteiger partial charge in [-0.05, 0) is 61.0 Å². The second kappa shape index (κ2) is 7.79. The lowest BCUT2D eigenvalue weighted by atomic mass is 9.66. The van der Waals surface area contributed by atoms with Crippen LogP contribution in [0, 0.1) is 17.3 Å². The highest BCUT2D eigenvalue weighted by Gasteiger charge is 2.34. The Bertz CT molecular complexity index is 223. The number of nitrogens with one attached hydrogen (secondary N) is 1. The van der Waals surface area contributed by atoms with Crippen LogP contribution in [0.15, 0.2) is 0 Å². The van der Waals surface area contributed by atoms with Gasteiger partial charge in [-0.3, -0.25) is 0 Å². The summed E-state index contributed by atoms with van der Waals surface area (Å²) in [6.07, 6.45) is 5.69. The largest absolute Gasteiger partial charge is 0.314 e. The molecule has 2 heteroatoms. The van der Waals surface area contributed by atoms with Gasteiger partial charge in [0.1, 0.15) is 0 Å². The summed E-state index contributed by atoms with van der Waals surface area (Å²) in [7, 11) is 0. The molecule has 0 aliphatic heterocycles. The molecule has 0 bridgehead atoms. The third-order valence-electron chi connectivity index (χ3n) is 4.30. The number of hydrogen-bond donors (Lipinski definition) is 1. The first-order valence-corrected chi connectivity index (χ1v) is 8.91. The molecule has 18 heavy (non-hydrogen) atoms. The predicted octanol–water partition coefficient (Wildman–Crippen LogP) is 4.57. The van der Waals surface area contributed by atoms with Gasteiger partial charge in [0.15, 0.2) is 0 Å². The maximum atomic E-state index is 3.66. The summed E-state index contributed by atoms with van der Waals surface area (Å²) in [5.74, 6) is 4.48. The SMILES string of the molecule is CCSCCC1CC(C)(C)CCC1CNC(C)C. The van der Waals surface area contributed by atoms with E-state index in [1.807, 2.05) is 0 Å². The van der Waals surface area contributed by atoms with Crippen LogP contribution in [0.5, 0.6) is 0 Å². The Morgan fingerprint density at radius 1 is 1.28 bits per heavy atom. The number of hydrogen-bond acceptors (Lipinski definition) is 2. The van der Waals surface area contributed by atoms with Crippen molar-refractivity contribution in [2.45, 2.75) is 66.3 Å². The number of thioether (sulfide) groups is 1. The molecule has 1 aliphatic rings. The highest BCUT2D eigenvalue weighted by Crippen LogP contribution is 2.43. The molecule has 2 unspecified atom stereocenters. The average molecular weight is 272 g/mol. The van der Waals surface area contributed by atoms with Gasteiger partial charge in [0.2, 0.25) is 0 Å². The van der Waals surface area contributed by atoms with E-state index in [0.717, 1.165) is 11.8 Å². The predicted molar refractivity (Wildman–Crippen MR) is 85.4 cm³/mol. The first-order chi connectivity index (χ1) is 8.44. The molecule has 1 rings (SSSR count). The van der Waals surface area contributed by atoms with E-state index >= 15 is 0 Å². The first kappa shape index (κ1) is 16.4. The summed E-state index contributed by atoms with van der Waals surface area (Å²) < 4.78 is 0. The molecule has 0 radical (unpaired) electrons. The lowest BCUT2D eigenvalue weighted by molar-refractivity contribution is 0.113. The van der Waals surface area contributed by atoms with Gasteiger partial charge in [0.25, 0.3) is 0 Å². The summed E-state index contributed by atoms with van der Waals surface area (Å²) in [4.78, 5) is 0. The van der Waals surface area contributed by atoms with Crippen molar-refractivity contribution in [1.82, 2.24) is 5.32 Å². The highest BCUT2D eigenvalue weighted by atomic mass is 32.2. The molecule has 0 heterocycles. The molecule has 0 saturated heterocycles. The Kier molecular flexibility index (Phi) is 7.08. The number of rotatable bonds is 7. The second-order valence-electron chi connectivity index (χ2n) is 6.98. The van der Waals surface area contributed by atoms with Crippen molar-refractivity contribution in [1.29, 1.82) is 0 Å². The molecular formula is C16H33NS. The topological polar surface area (TPSA) is 12.0 Å². The van der Waals surface area contributed by atoms with Gasteiger partial charge < -0.3 is 5.32 Å². The highest BCUT2D eigenvalue weighted by molar-refractivity contribution is 7.99. The van der Waals surface area contributed by atoms with E-state index < -0.39 is 0 Å². The van der Waals surface area contributed by atoms with Crippen molar-refractivity contribution in [3.8, 4) is 0 Å². The smallest absolute Gasteiger partial charge is 0.00104 e. The van der Waals surface area contributed by atoms with E-state index in [4.69, 9.17) is 0 Å². The molecular weight excluding hydrogens is 238 g/mol. The fourth-order valence-corrected chi connectivity index (χ4v) is 3.92. The lowest BCUT2D eigenvalue weighted by Crippen LogP contribution is -2.38. The van der Waals surface area contributed by atoms with Crippen LogP contribution in [0.4, 0.5) is 0 Å².